The van der Waals surface area contributed by atoms with Gasteiger partial charge in [-0.2, -0.15) is 0 Å². The Bertz CT molecular complexity index is 687. The molecular formula is C16H18NO5P. The molecule has 2 aromatic carbocycles. The van der Waals surface area contributed by atoms with Gasteiger partial charge in [-0.15, -0.1) is 0 Å². The number of non-ortho nitro benzene ring substituents is 1. The number of hydrogen-bond acceptors (Lipinski definition) is 5. The Balaban J connectivity index is 2.07. The van der Waals surface area contributed by atoms with Gasteiger partial charge in [-0.05, 0) is 31.0 Å². The van der Waals surface area contributed by atoms with Crippen LogP contribution >= 0.6 is 7.60 Å². The first-order chi connectivity index (χ1) is 11.0. The maximum absolute atomic E-state index is 12.8. The second-order valence-electron chi connectivity index (χ2n) is 4.83. The van der Waals surface area contributed by atoms with Crippen LogP contribution in [0.5, 0.6) is 5.75 Å². The molecule has 0 saturated carbocycles. The molecule has 122 valence electrons. The van der Waals surface area contributed by atoms with Crippen LogP contribution in [-0.2, 0) is 15.5 Å². The Labute approximate surface area is 134 Å². The van der Waals surface area contributed by atoms with Gasteiger partial charge < -0.3 is 9.05 Å². The first kappa shape index (κ1) is 17.2. The lowest BCUT2D eigenvalue weighted by Gasteiger charge is -2.18. The van der Waals surface area contributed by atoms with Crippen LogP contribution in [0.25, 0.3) is 0 Å². The van der Waals surface area contributed by atoms with Gasteiger partial charge in [-0.25, -0.2) is 4.57 Å². The lowest BCUT2D eigenvalue weighted by atomic mass is 10.2. The zero-order valence-electron chi connectivity index (χ0n) is 12.8. The summed E-state index contributed by atoms with van der Waals surface area (Å²) in [5, 5.41) is 10.6. The van der Waals surface area contributed by atoms with Gasteiger partial charge in [-0.1, -0.05) is 30.3 Å². The first-order valence-corrected chi connectivity index (χ1v) is 8.97. The summed E-state index contributed by atoms with van der Waals surface area (Å²) in [5.74, 6) is 0.292. The predicted molar refractivity (Wildman–Crippen MR) is 88.0 cm³/mol. The minimum Gasteiger partial charge on any atom is -0.424 e. The van der Waals surface area contributed by atoms with E-state index in [2.05, 4.69) is 0 Å². The largest absolute Gasteiger partial charge is 0.424 e. The van der Waals surface area contributed by atoms with Crippen molar-refractivity contribution in [1.29, 1.82) is 0 Å². The highest BCUT2D eigenvalue weighted by molar-refractivity contribution is 7.54. The van der Waals surface area contributed by atoms with Crippen molar-refractivity contribution in [3.05, 3.63) is 70.3 Å². The lowest BCUT2D eigenvalue weighted by Crippen LogP contribution is -2.05. The average molecular weight is 335 g/mol. The Morgan fingerprint density at radius 2 is 1.74 bits per heavy atom. The number of hydrogen-bond donors (Lipinski definition) is 0. The molecule has 1 unspecified atom stereocenters. The number of rotatable bonds is 8. The fraction of sp³-hybridized carbons (Fsp3) is 0.250. The van der Waals surface area contributed by atoms with Crippen LogP contribution < -0.4 is 4.52 Å². The molecule has 0 aromatic heterocycles. The van der Waals surface area contributed by atoms with Crippen molar-refractivity contribution >= 4 is 13.3 Å². The van der Waals surface area contributed by atoms with E-state index in [0.29, 0.717) is 12.2 Å². The molecule has 0 heterocycles. The molecule has 0 N–H and O–H groups in total. The SMILES string of the molecule is CCOP(=O)(CCc1ccccc1)Oc1ccc([N+](=O)[O-])cc1. The zero-order chi connectivity index (χ0) is 16.7. The van der Waals surface area contributed by atoms with Gasteiger partial charge in [0, 0.05) is 12.1 Å². The zero-order valence-corrected chi connectivity index (χ0v) is 13.6. The summed E-state index contributed by atoms with van der Waals surface area (Å²) >= 11 is 0. The van der Waals surface area contributed by atoms with Crippen molar-refractivity contribution in [2.75, 3.05) is 12.8 Å². The minimum atomic E-state index is -3.32. The van der Waals surface area contributed by atoms with Gasteiger partial charge in [0.15, 0.2) is 0 Å². The quantitative estimate of drug-likeness (QED) is 0.405. The summed E-state index contributed by atoms with van der Waals surface area (Å²) in [7, 11) is -3.32. The summed E-state index contributed by atoms with van der Waals surface area (Å²) in [5.41, 5.74) is 0.993. The van der Waals surface area contributed by atoms with Gasteiger partial charge >= 0.3 is 7.60 Å². The number of nitro groups is 1. The maximum Gasteiger partial charge on any atom is 0.379 e. The van der Waals surface area contributed by atoms with Crippen LogP contribution in [0, 0.1) is 10.1 Å². The van der Waals surface area contributed by atoms with Crippen LogP contribution in [0.3, 0.4) is 0 Å². The highest BCUT2D eigenvalue weighted by atomic mass is 31.2. The van der Waals surface area contributed by atoms with Gasteiger partial charge in [0.1, 0.15) is 5.75 Å². The van der Waals surface area contributed by atoms with E-state index < -0.39 is 12.5 Å². The normalized spacial score (nSPS) is 13.3. The molecule has 0 amide bonds. The monoisotopic (exact) mass is 335 g/mol. The number of aryl methyl sites for hydroxylation is 1. The lowest BCUT2D eigenvalue weighted by molar-refractivity contribution is -0.384. The maximum atomic E-state index is 12.8. The smallest absolute Gasteiger partial charge is 0.379 e. The predicted octanol–water partition coefficient (Wildman–Crippen LogP) is 4.45. The third kappa shape index (κ3) is 5.20. The van der Waals surface area contributed by atoms with E-state index >= 15 is 0 Å². The van der Waals surface area contributed by atoms with Crippen molar-refractivity contribution in [2.24, 2.45) is 0 Å². The number of benzene rings is 2. The molecule has 0 spiro atoms. The second-order valence-corrected chi connectivity index (χ2v) is 6.94. The number of nitro benzene ring substituents is 1. The highest BCUT2D eigenvalue weighted by Crippen LogP contribution is 2.48. The van der Waals surface area contributed by atoms with E-state index in [1.807, 2.05) is 30.3 Å². The summed E-state index contributed by atoms with van der Waals surface area (Å²) in [4.78, 5) is 10.1. The van der Waals surface area contributed by atoms with E-state index in [4.69, 9.17) is 9.05 Å². The fourth-order valence-electron chi connectivity index (χ4n) is 2.03. The second kappa shape index (κ2) is 7.90. The molecule has 2 aromatic rings. The Hall–Kier alpha value is -2.17. The van der Waals surface area contributed by atoms with Crippen LogP contribution in [0.15, 0.2) is 54.6 Å². The Morgan fingerprint density at radius 1 is 1.09 bits per heavy atom. The molecule has 0 aliphatic rings. The first-order valence-electron chi connectivity index (χ1n) is 7.24. The topological polar surface area (TPSA) is 78.7 Å². The molecule has 0 radical (unpaired) electrons. The van der Waals surface area contributed by atoms with E-state index in [-0.39, 0.29) is 18.5 Å². The summed E-state index contributed by atoms with van der Waals surface area (Å²) in [6.45, 7) is 2.01. The van der Waals surface area contributed by atoms with Crippen LogP contribution in [0.2, 0.25) is 0 Å². The van der Waals surface area contributed by atoms with E-state index in [0.717, 1.165) is 5.56 Å². The molecule has 0 bridgehead atoms. The van der Waals surface area contributed by atoms with Crippen LogP contribution in [0.4, 0.5) is 5.69 Å². The highest BCUT2D eigenvalue weighted by Gasteiger charge is 2.25. The van der Waals surface area contributed by atoms with Crippen LogP contribution in [0.1, 0.15) is 12.5 Å². The van der Waals surface area contributed by atoms with Crippen molar-refractivity contribution < 1.29 is 18.5 Å². The molecule has 0 aliphatic carbocycles. The fourth-order valence-corrected chi connectivity index (χ4v) is 3.67. The van der Waals surface area contributed by atoms with Crippen LogP contribution in [-0.4, -0.2) is 17.7 Å². The van der Waals surface area contributed by atoms with Gasteiger partial charge in [0.2, 0.25) is 0 Å². The molecule has 1 atom stereocenters. The molecule has 0 fully saturated rings. The van der Waals surface area contributed by atoms with Gasteiger partial charge in [0.25, 0.3) is 5.69 Å². The van der Waals surface area contributed by atoms with Crippen molar-refractivity contribution in [2.45, 2.75) is 13.3 Å². The Kier molecular flexibility index (Phi) is 5.90. The molecule has 6 nitrogen and oxygen atoms in total. The Morgan fingerprint density at radius 3 is 2.30 bits per heavy atom. The molecule has 0 aliphatic heterocycles. The summed E-state index contributed by atoms with van der Waals surface area (Å²) in [6.07, 6.45) is 0.799. The summed E-state index contributed by atoms with van der Waals surface area (Å²) < 4.78 is 23.6. The summed E-state index contributed by atoms with van der Waals surface area (Å²) in [6, 6.07) is 15.1. The third-order valence-corrected chi connectivity index (χ3v) is 5.05. The minimum absolute atomic E-state index is 0.0483. The molecule has 2 rings (SSSR count). The van der Waals surface area contributed by atoms with E-state index in [1.165, 1.54) is 24.3 Å². The van der Waals surface area contributed by atoms with Crippen molar-refractivity contribution in [3.8, 4) is 5.75 Å². The average Bonchev–Trinajstić information content (AvgIpc) is 2.55. The van der Waals surface area contributed by atoms with Gasteiger partial charge in [-0.3, -0.25) is 10.1 Å². The molecular weight excluding hydrogens is 317 g/mol. The van der Waals surface area contributed by atoms with E-state index in [9.17, 15) is 14.7 Å². The van der Waals surface area contributed by atoms with Crippen molar-refractivity contribution in [1.82, 2.24) is 0 Å². The third-order valence-electron chi connectivity index (χ3n) is 3.13. The van der Waals surface area contributed by atoms with Crippen molar-refractivity contribution in [3.63, 3.8) is 0 Å². The molecule has 0 saturated heterocycles. The number of nitrogens with zero attached hydrogens (tertiary/aromatic N) is 1. The molecule has 23 heavy (non-hydrogen) atoms. The van der Waals surface area contributed by atoms with E-state index in [1.54, 1.807) is 6.92 Å². The standard InChI is InChI=1S/C16H18NO5P/c1-2-21-23(20,13-12-14-6-4-3-5-7-14)22-16-10-8-15(9-11-16)17(18)19/h3-11H,2,12-13H2,1H3. The molecule has 7 heteroatoms. The van der Waals surface area contributed by atoms with Gasteiger partial charge in [0.05, 0.1) is 17.7 Å².